The van der Waals surface area contributed by atoms with Crippen molar-refractivity contribution in [3.05, 3.63) is 78.8 Å². The lowest BCUT2D eigenvalue weighted by Gasteiger charge is -2.26. The fourth-order valence-electron chi connectivity index (χ4n) is 3.37. The number of nitrogen functional groups attached to an aromatic ring is 1. The number of rotatable bonds is 10. The number of anilines is 2. The van der Waals surface area contributed by atoms with Crippen LogP contribution in [0.2, 0.25) is 0 Å². The molecule has 0 atom stereocenters. The van der Waals surface area contributed by atoms with Gasteiger partial charge in [-0.25, -0.2) is 9.97 Å². The number of hydrogen-bond acceptors (Lipinski definition) is 9. The lowest BCUT2D eigenvalue weighted by Crippen LogP contribution is -2.38. The van der Waals surface area contributed by atoms with Crippen molar-refractivity contribution in [3.8, 4) is 17.5 Å². The summed E-state index contributed by atoms with van der Waals surface area (Å²) >= 11 is 0. The number of benzene rings is 2. The summed E-state index contributed by atoms with van der Waals surface area (Å²) in [5.74, 6) is 0.825. The van der Waals surface area contributed by atoms with Crippen molar-refractivity contribution in [3.63, 3.8) is 0 Å². The Labute approximate surface area is 198 Å². The van der Waals surface area contributed by atoms with Crippen LogP contribution < -0.4 is 20.5 Å². The quantitative estimate of drug-likeness (QED) is 0.267. The molecule has 0 spiro atoms. The minimum atomic E-state index is -0.249. The molecule has 1 aliphatic rings. The van der Waals surface area contributed by atoms with Gasteiger partial charge in [-0.05, 0) is 36.4 Å². The summed E-state index contributed by atoms with van der Waals surface area (Å²) in [4.78, 5) is 23.5. The number of nitrogens with one attached hydrogen (secondary N) is 1. The van der Waals surface area contributed by atoms with Gasteiger partial charge in [-0.2, -0.15) is 0 Å². The van der Waals surface area contributed by atoms with Crippen LogP contribution in [0.5, 0.6) is 17.5 Å². The molecule has 9 nitrogen and oxygen atoms in total. The Morgan fingerprint density at radius 1 is 1.06 bits per heavy atom. The number of Topliss-reactive ketones (excluding diaryl/α,β-unsaturated/α-hetero) is 1. The predicted molar refractivity (Wildman–Crippen MR) is 129 cm³/mol. The van der Waals surface area contributed by atoms with Crippen molar-refractivity contribution in [1.82, 2.24) is 14.9 Å². The number of nitrogens with two attached hydrogens (primary N) is 1. The second kappa shape index (κ2) is 11.3. The van der Waals surface area contributed by atoms with Crippen LogP contribution in [-0.4, -0.2) is 60.1 Å². The first-order valence-electron chi connectivity index (χ1n) is 11.0. The molecule has 0 saturated carbocycles. The van der Waals surface area contributed by atoms with Crippen molar-refractivity contribution in [2.24, 2.45) is 0 Å². The molecule has 0 unspecified atom stereocenters. The lowest BCUT2D eigenvalue weighted by molar-refractivity contribution is 0.0318. The molecule has 0 bridgehead atoms. The molecule has 0 aliphatic carbocycles. The Kier molecular flexibility index (Phi) is 7.69. The highest BCUT2D eigenvalue weighted by Crippen LogP contribution is 2.27. The monoisotopic (exact) mass is 461 g/mol. The van der Waals surface area contributed by atoms with Crippen LogP contribution in [0.4, 0.5) is 11.4 Å². The van der Waals surface area contributed by atoms with Crippen molar-refractivity contribution >= 4 is 17.2 Å². The van der Waals surface area contributed by atoms with E-state index in [0.717, 1.165) is 32.8 Å². The minimum Gasteiger partial charge on any atom is -0.472 e. The Balaban J connectivity index is 1.34. The molecular weight excluding hydrogens is 434 g/mol. The predicted octanol–water partition coefficient (Wildman–Crippen LogP) is 3.37. The number of nitrogens with zero attached hydrogens (tertiary/aromatic N) is 3. The van der Waals surface area contributed by atoms with Crippen LogP contribution >= 0.6 is 0 Å². The minimum absolute atomic E-state index is 0.219. The average molecular weight is 462 g/mol. The van der Waals surface area contributed by atoms with E-state index in [1.165, 1.54) is 6.20 Å². The van der Waals surface area contributed by atoms with Crippen molar-refractivity contribution < 1.29 is 19.0 Å². The third-order valence-electron chi connectivity index (χ3n) is 5.23. The van der Waals surface area contributed by atoms with Gasteiger partial charge in [0.1, 0.15) is 12.4 Å². The lowest BCUT2D eigenvalue weighted by atomic mass is 10.1. The Morgan fingerprint density at radius 3 is 2.50 bits per heavy atom. The number of ketones is 1. The van der Waals surface area contributed by atoms with Crippen LogP contribution in [0, 0.1) is 0 Å². The first-order valence-corrected chi connectivity index (χ1v) is 11.0. The highest BCUT2D eigenvalue weighted by atomic mass is 16.5. The second-order valence-electron chi connectivity index (χ2n) is 7.62. The van der Waals surface area contributed by atoms with E-state index in [1.807, 2.05) is 12.1 Å². The van der Waals surface area contributed by atoms with Gasteiger partial charge in [-0.1, -0.05) is 18.7 Å². The standard InChI is InChI=1S/C25H27N5O4/c1-18(29-22-5-3-2-4-21(22)26)23(31)19-6-8-20(9-7-19)34-25-24(27-10-11-28-25)33-17-14-30-12-15-32-16-13-30/h2-11,29H,1,12-17,26H2. The molecule has 1 saturated heterocycles. The van der Waals surface area contributed by atoms with Crippen LogP contribution in [0.1, 0.15) is 10.4 Å². The summed E-state index contributed by atoms with van der Waals surface area (Å²) < 4.78 is 17.0. The molecule has 4 rings (SSSR count). The average Bonchev–Trinajstić information content (AvgIpc) is 2.87. The van der Waals surface area contributed by atoms with Gasteiger partial charge in [0.15, 0.2) is 0 Å². The number of carbonyl (C=O) groups excluding carboxylic acids is 1. The van der Waals surface area contributed by atoms with E-state index in [1.54, 1.807) is 42.6 Å². The van der Waals surface area contributed by atoms with E-state index in [4.69, 9.17) is 19.9 Å². The second-order valence-corrected chi connectivity index (χ2v) is 7.62. The maximum atomic E-state index is 12.7. The van der Waals surface area contributed by atoms with Crippen molar-refractivity contribution in [2.45, 2.75) is 0 Å². The van der Waals surface area contributed by atoms with E-state index in [0.29, 0.717) is 35.2 Å². The van der Waals surface area contributed by atoms with E-state index in [-0.39, 0.29) is 17.4 Å². The molecule has 1 aromatic heterocycles. The fourth-order valence-corrected chi connectivity index (χ4v) is 3.37. The van der Waals surface area contributed by atoms with Crippen LogP contribution in [0.25, 0.3) is 0 Å². The molecule has 34 heavy (non-hydrogen) atoms. The molecule has 1 aliphatic heterocycles. The van der Waals surface area contributed by atoms with E-state index in [2.05, 4.69) is 26.8 Å². The highest BCUT2D eigenvalue weighted by Gasteiger charge is 2.15. The molecule has 3 N–H and O–H groups in total. The maximum Gasteiger partial charge on any atom is 0.283 e. The van der Waals surface area contributed by atoms with Gasteiger partial charge in [-0.3, -0.25) is 9.69 Å². The Hall–Kier alpha value is -3.95. The SMILES string of the molecule is C=C(Nc1ccccc1N)C(=O)c1ccc(Oc2nccnc2OCCN2CCOCC2)cc1. The van der Waals surface area contributed by atoms with Gasteiger partial charge >= 0.3 is 0 Å². The number of para-hydroxylation sites is 2. The maximum absolute atomic E-state index is 12.7. The van der Waals surface area contributed by atoms with Crippen LogP contribution in [0.15, 0.2) is 73.2 Å². The Morgan fingerprint density at radius 2 is 1.76 bits per heavy atom. The molecule has 176 valence electrons. The molecule has 2 aromatic carbocycles. The Bertz CT molecular complexity index is 1130. The summed E-state index contributed by atoms with van der Waals surface area (Å²) in [6, 6.07) is 13.9. The zero-order chi connectivity index (χ0) is 23.8. The topological polar surface area (TPSA) is 112 Å². The molecule has 0 amide bonds. The molecule has 3 aromatic rings. The van der Waals surface area contributed by atoms with Gasteiger partial charge in [0.05, 0.1) is 30.3 Å². The third kappa shape index (κ3) is 6.09. The van der Waals surface area contributed by atoms with Crippen LogP contribution in [-0.2, 0) is 4.74 Å². The third-order valence-corrected chi connectivity index (χ3v) is 5.23. The number of ether oxygens (including phenoxy) is 3. The first-order chi connectivity index (χ1) is 16.6. The summed E-state index contributed by atoms with van der Waals surface area (Å²) in [5, 5.41) is 2.97. The number of allylic oxidation sites excluding steroid dienone is 1. The molecule has 0 radical (unpaired) electrons. The van der Waals surface area contributed by atoms with E-state index in [9.17, 15) is 4.79 Å². The van der Waals surface area contributed by atoms with Crippen molar-refractivity contribution in [2.75, 3.05) is 50.5 Å². The van der Waals surface area contributed by atoms with Crippen molar-refractivity contribution in [1.29, 1.82) is 0 Å². The summed E-state index contributed by atoms with van der Waals surface area (Å²) in [6.07, 6.45) is 3.09. The van der Waals surface area contributed by atoms with Gasteiger partial charge in [0.25, 0.3) is 11.8 Å². The number of hydrogen-bond donors (Lipinski definition) is 2. The first kappa shape index (κ1) is 23.2. The number of morpholine rings is 1. The number of aromatic nitrogens is 2. The highest BCUT2D eigenvalue weighted by molar-refractivity contribution is 6.10. The molecule has 2 heterocycles. The van der Waals surface area contributed by atoms with E-state index < -0.39 is 0 Å². The summed E-state index contributed by atoms with van der Waals surface area (Å²) in [5.41, 5.74) is 7.76. The van der Waals surface area contributed by atoms with Gasteiger partial charge in [-0.15, -0.1) is 0 Å². The van der Waals surface area contributed by atoms with Gasteiger partial charge < -0.3 is 25.3 Å². The fraction of sp³-hybridized carbons (Fsp3) is 0.240. The normalized spacial score (nSPS) is 13.8. The zero-order valence-electron chi connectivity index (χ0n) is 18.8. The summed E-state index contributed by atoms with van der Waals surface area (Å²) in [7, 11) is 0. The van der Waals surface area contributed by atoms with Gasteiger partial charge in [0.2, 0.25) is 5.78 Å². The van der Waals surface area contributed by atoms with Crippen LogP contribution in [0.3, 0.4) is 0 Å². The largest absolute Gasteiger partial charge is 0.472 e. The van der Waals surface area contributed by atoms with Gasteiger partial charge in [0, 0.05) is 37.6 Å². The zero-order valence-corrected chi connectivity index (χ0v) is 18.8. The summed E-state index contributed by atoms with van der Waals surface area (Å²) in [6.45, 7) is 8.32. The molecule has 9 heteroatoms. The molecule has 1 fully saturated rings. The van der Waals surface area contributed by atoms with E-state index >= 15 is 0 Å². The molecular formula is C25H27N5O4. The smallest absolute Gasteiger partial charge is 0.283 e. The number of carbonyl (C=O) groups is 1.